The average Bonchev–Trinajstić information content (AvgIpc) is 3.34. The van der Waals surface area contributed by atoms with Crippen LogP contribution in [0.25, 0.3) is 11.6 Å². The Morgan fingerprint density at radius 1 is 1.10 bits per heavy atom. The number of hydrogen-bond donors (Lipinski definition) is 3. The van der Waals surface area contributed by atoms with E-state index in [1.165, 1.54) is 0 Å². The van der Waals surface area contributed by atoms with Crippen molar-refractivity contribution in [2.45, 2.75) is 12.8 Å². The van der Waals surface area contributed by atoms with Gasteiger partial charge < -0.3 is 24.6 Å². The summed E-state index contributed by atoms with van der Waals surface area (Å²) in [6.07, 6.45) is 3.25. The van der Waals surface area contributed by atoms with Crippen LogP contribution in [0.15, 0.2) is 33.6 Å². The lowest BCUT2D eigenvalue weighted by Crippen LogP contribution is -2.48. The molecule has 0 aromatic carbocycles. The van der Waals surface area contributed by atoms with Gasteiger partial charge in [-0.25, -0.2) is 19.6 Å². The maximum absolute atomic E-state index is 12.0. The van der Waals surface area contributed by atoms with Crippen molar-refractivity contribution >= 4 is 23.7 Å². The van der Waals surface area contributed by atoms with Crippen molar-refractivity contribution in [3.05, 3.63) is 36.2 Å². The Bertz CT molecular complexity index is 1050. The molecular formula is C17H17N7O7. The molecule has 3 aromatic rings. The predicted molar refractivity (Wildman–Crippen MR) is 99.6 cm³/mol. The first-order valence-electron chi connectivity index (χ1n) is 8.84. The highest BCUT2D eigenvalue weighted by Gasteiger charge is 2.34. The van der Waals surface area contributed by atoms with Crippen molar-refractivity contribution in [3.63, 3.8) is 0 Å². The molecule has 3 aromatic heterocycles. The summed E-state index contributed by atoms with van der Waals surface area (Å²) in [4.78, 5) is 44.6. The molecule has 0 radical (unpaired) electrons. The molecule has 162 valence electrons. The summed E-state index contributed by atoms with van der Waals surface area (Å²) in [6.45, 7) is 3.37. The van der Waals surface area contributed by atoms with Crippen molar-refractivity contribution in [3.8, 4) is 11.6 Å². The number of hydrogen-bond acceptors (Lipinski definition) is 11. The van der Waals surface area contributed by atoms with E-state index in [1.807, 2.05) is 4.90 Å². The molecule has 0 saturated carbocycles. The number of anilines is 1. The van der Waals surface area contributed by atoms with Gasteiger partial charge in [0, 0.05) is 31.5 Å². The molecule has 3 N–H and O–H groups in total. The maximum Gasteiger partial charge on any atom is 0.414 e. The van der Waals surface area contributed by atoms with Crippen LogP contribution in [0, 0.1) is 6.92 Å². The maximum atomic E-state index is 12.0. The van der Waals surface area contributed by atoms with Crippen LogP contribution in [0.1, 0.15) is 17.6 Å². The van der Waals surface area contributed by atoms with Gasteiger partial charge >= 0.3 is 11.9 Å². The van der Waals surface area contributed by atoms with Crippen LogP contribution in [0.3, 0.4) is 0 Å². The lowest BCUT2D eigenvalue weighted by molar-refractivity contribution is -0.159. The number of aryl methyl sites for hydroxylation is 1. The summed E-state index contributed by atoms with van der Waals surface area (Å²) >= 11 is 0. The smallest absolute Gasteiger partial charge is 0.414 e. The zero-order valence-electron chi connectivity index (χ0n) is 16.1. The fourth-order valence-corrected chi connectivity index (χ4v) is 2.57. The van der Waals surface area contributed by atoms with Crippen LogP contribution < -0.4 is 5.32 Å². The number of carboxylic acids is 2. The van der Waals surface area contributed by atoms with E-state index >= 15 is 0 Å². The van der Waals surface area contributed by atoms with E-state index in [-0.39, 0.29) is 18.4 Å². The third-order valence-electron chi connectivity index (χ3n) is 3.96. The Morgan fingerprint density at radius 3 is 2.35 bits per heavy atom. The Labute approximate surface area is 173 Å². The Hall–Kier alpha value is -4.20. The SMILES string of the molecule is Cc1cc(NC(=O)CN2CC(c3nc(-c4ncccn4)no3)C2)no1.O=C(O)C(=O)O. The molecule has 0 atom stereocenters. The van der Waals surface area contributed by atoms with Gasteiger partial charge in [-0.3, -0.25) is 9.69 Å². The number of carbonyl (C=O) groups is 3. The number of aromatic nitrogens is 5. The molecule has 31 heavy (non-hydrogen) atoms. The summed E-state index contributed by atoms with van der Waals surface area (Å²) < 4.78 is 10.2. The molecule has 14 heteroatoms. The van der Waals surface area contributed by atoms with E-state index in [2.05, 4.69) is 30.6 Å². The lowest BCUT2D eigenvalue weighted by Gasteiger charge is -2.36. The number of nitrogens with one attached hydrogen (secondary N) is 1. The van der Waals surface area contributed by atoms with Crippen molar-refractivity contribution < 1.29 is 33.6 Å². The van der Waals surface area contributed by atoms with Gasteiger partial charge in [0.25, 0.3) is 0 Å². The molecule has 1 saturated heterocycles. The molecular weight excluding hydrogens is 414 g/mol. The van der Waals surface area contributed by atoms with E-state index < -0.39 is 11.9 Å². The minimum absolute atomic E-state index is 0.104. The topological polar surface area (TPSA) is 198 Å². The third-order valence-corrected chi connectivity index (χ3v) is 3.96. The Balaban J connectivity index is 0.000000401. The predicted octanol–water partition coefficient (Wildman–Crippen LogP) is 0.0165. The molecule has 1 aliphatic rings. The van der Waals surface area contributed by atoms with Gasteiger partial charge in [-0.15, -0.1) is 0 Å². The van der Waals surface area contributed by atoms with Gasteiger partial charge in [0.2, 0.25) is 23.4 Å². The highest BCUT2D eigenvalue weighted by atomic mass is 16.5. The lowest BCUT2D eigenvalue weighted by atomic mass is 10.0. The fraction of sp³-hybridized carbons (Fsp3) is 0.294. The molecule has 0 unspecified atom stereocenters. The molecule has 0 aliphatic carbocycles. The molecule has 14 nitrogen and oxygen atoms in total. The second-order valence-electron chi connectivity index (χ2n) is 6.40. The summed E-state index contributed by atoms with van der Waals surface area (Å²) in [5.41, 5.74) is 0. The quantitative estimate of drug-likeness (QED) is 0.457. The van der Waals surface area contributed by atoms with Gasteiger partial charge in [-0.2, -0.15) is 4.98 Å². The number of carboxylic acid groups (broad SMARTS) is 2. The number of amides is 1. The molecule has 1 amide bonds. The van der Waals surface area contributed by atoms with Gasteiger partial charge in [0.1, 0.15) is 5.76 Å². The van der Waals surface area contributed by atoms with Gasteiger partial charge in [-0.1, -0.05) is 10.3 Å². The fourth-order valence-electron chi connectivity index (χ4n) is 2.57. The third kappa shape index (κ3) is 5.89. The second kappa shape index (κ2) is 9.53. The van der Waals surface area contributed by atoms with Crippen LogP contribution >= 0.6 is 0 Å². The van der Waals surface area contributed by atoms with E-state index in [9.17, 15) is 4.79 Å². The number of likely N-dealkylation sites (tertiary alicyclic amines) is 1. The largest absolute Gasteiger partial charge is 0.473 e. The second-order valence-corrected chi connectivity index (χ2v) is 6.40. The minimum Gasteiger partial charge on any atom is -0.473 e. The minimum atomic E-state index is -1.82. The monoisotopic (exact) mass is 431 g/mol. The standard InChI is InChI=1S/C15H15N7O3.C2H2O4/c1-9-5-11(20-24-9)18-12(23)8-22-6-10(7-22)15-19-14(21-25-15)13-16-3-2-4-17-13;3-1(4)2(5)6/h2-5,10H,6-8H2,1H3,(H,18,20,23);(H,3,4)(H,5,6). The van der Waals surface area contributed by atoms with Gasteiger partial charge in [-0.05, 0) is 13.0 Å². The zero-order chi connectivity index (χ0) is 22.4. The summed E-state index contributed by atoms with van der Waals surface area (Å²) in [6, 6.07) is 3.39. The van der Waals surface area contributed by atoms with Crippen molar-refractivity contribution in [1.82, 2.24) is 30.2 Å². The Morgan fingerprint density at radius 2 is 1.77 bits per heavy atom. The molecule has 4 heterocycles. The van der Waals surface area contributed by atoms with E-state index in [4.69, 9.17) is 28.8 Å². The summed E-state index contributed by atoms with van der Waals surface area (Å²) in [5.74, 6) is -1.29. The van der Waals surface area contributed by atoms with Gasteiger partial charge in [0.15, 0.2) is 5.82 Å². The highest BCUT2D eigenvalue weighted by Crippen LogP contribution is 2.26. The average molecular weight is 431 g/mol. The van der Waals surface area contributed by atoms with Crippen molar-refractivity contribution in [2.75, 3.05) is 25.0 Å². The van der Waals surface area contributed by atoms with Crippen LogP contribution in [-0.4, -0.2) is 77.9 Å². The highest BCUT2D eigenvalue weighted by molar-refractivity contribution is 6.27. The first kappa shape index (κ1) is 21.5. The Kier molecular flexibility index (Phi) is 6.61. The van der Waals surface area contributed by atoms with Crippen LogP contribution in [0.5, 0.6) is 0 Å². The van der Waals surface area contributed by atoms with Crippen LogP contribution in [0.4, 0.5) is 5.82 Å². The van der Waals surface area contributed by atoms with Crippen molar-refractivity contribution in [1.29, 1.82) is 0 Å². The molecule has 1 fully saturated rings. The van der Waals surface area contributed by atoms with Crippen LogP contribution in [-0.2, 0) is 14.4 Å². The number of nitrogens with zero attached hydrogens (tertiary/aromatic N) is 6. The number of carbonyl (C=O) groups excluding carboxylic acids is 1. The molecule has 1 aliphatic heterocycles. The number of aliphatic carboxylic acids is 2. The first-order valence-corrected chi connectivity index (χ1v) is 8.84. The number of rotatable bonds is 5. The van der Waals surface area contributed by atoms with Crippen molar-refractivity contribution in [2.24, 2.45) is 0 Å². The van der Waals surface area contributed by atoms with Crippen LogP contribution in [0.2, 0.25) is 0 Å². The molecule has 0 bridgehead atoms. The summed E-state index contributed by atoms with van der Waals surface area (Å²) in [5, 5.41) is 25.1. The summed E-state index contributed by atoms with van der Waals surface area (Å²) in [7, 11) is 0. The normalized spacial score (nSPS) is 13.6. The van der Waals surface area contributed by atoms with E-state index in [1.54, 1.807) is 31.5 Å². The first-order chi connectivity index (χ1) is 14.8. The zero-order valence-corrected chi connectivity index (χ0v) is 16.1. The van der Waals surface area contributed by atoms with E-state index in [0.29, 0.717) is 42.2 Å². The molecule has 4 rings (SSSR count). The molecule has 0 spiro atoms. The van der Waals surface area contributed by atoms with Gasteiger partial charge in [0.05, 0.1) is 12.5 Å². The van der Waals surface area contributed by atoms with E-state index in [0.717, 1.165) is 0 Å².